The Hall–Kier alpha value is -0.300. The van der Waals surface area contributed by atoms with Crippen LogP contribution in [0.3, 0.4) is 0 Å². The Bertz CT molecular complexity index is 131. The van der Waals surface area contributed by atoms with E-state index in [9.17, 15) is 0 Å². The van der Waals surface area contributed by atoms with Crippen molar-refractivity contribution >= 4 is 0 Å². The lowest BCUT2D eigenvalue weighted by Gasteiger charge is -2.18. The standard InChI is InChI=1S/C8H13N/c1-2-8-4-6-3-7(6)5-9-8/h2,6-9H,1,3-5H2/t6-,7+,8-/m1/s1. The minimum Gasteiger partial charge on any atom is -0.310 e. The van der Waals surface area contributed by atoms with Crippen molar-refractivity contribution in [2.75, 3.05) is 6.54 Å². The molecule has 0 spiro atoms. The molecule has 50 valence electrons. The summed E-state index contributed by atoms with van der Waals surface area (Å²) in [6, 6.07) is 0.619. The SMILES string of the molecule is C=C[C@@H]1C[C@H]2C[C@H]2CN1. The molecule has 0 bridgehead atoms. The predicted molar refractivity (Wildman–Crippen MR) is 38.2 cm³/mol. The number of hydrogen-bond acceptors (Lipinski definition) is 1. The van der Waals surface area contributed by atoms with E-state index >= 15 is 0 Å². The smallest absolute Gasteiger partial charge is 0.0250 e. The lowest BCUT2D eigenvalue weighted by molar-refractivity contribution is 0.435. The third-order valence-corrected chi connectivity index (χ3v) is 2.55. The van der Waals surface area contributed by atoms with Crippen LogP contribution in [0.5, 0.6) is 0 Å². The van der Waals surface area contributed by atoms with Gasteiger partial charge in [0.05, 0.1) is 0 Å². The number of nitrogens with one attached hydrogen (secondary N) is 1. The van der Waals surface area contributed by atoms with E-state index in [0.29, 0.717) is 6.04 Å². The van der Waals surface area contributed by atoms with E-state index in [2.05, 4.69) is 11.9 Å². The van der Waals surface area contributed by atoms with Gasteiger partial charge in [-0.2, -0.15) is 0 Å². The van der Waals surface area contributed by atoms with Crippen LogP contribution in [0.15, 0.2) is 12.7 Å². The molecule has 2 fully saturated rings. The Kier molecular flexibility index (Phi) is 1.12. The highest BCUT2D eigenvalue weighted by Gasteiger charge is 2.40. The first kappa shape index (κ1) is 5.48. The molecule has 0 aromatic carbocycles. The lowest BCUT2D eigenvalue weighted by Crippen LogP contribution is -2.33. The van der Waals surface area contributed by atoms with E-state index in [-0.39, 0.29) is 0 Å². The fourth-order valence-electron chi connectivity index (χ4n) is 1.74. The number of piperidine rings is 1. The highest BCUT2D eigenvalue weighted by atomic mass is 14.9. The summed E-state index contributed by atoms with van der Waals surface area (Å²) >= 11 is 0. The van der Waals surface area contributed by atoms with Crippen LogP contribution in [0.25, 0.3) is 0 Å². The van der Waals surface area contributed by atoms with E-state index in [4.69, 9.17) is 0 Å². The summed E-state index contributed by atoms with van der Waals surface area (Å²) in [4.78, 5) is 0. The van der Waals surface area contributed by atoms with Crippen molar-refractivity contribution in [2.24, 2.45) is 11.8 Å². The molecular formula is C8H13N. The van der Waals surface area contributed by atoms with Crippen molar-refractivity contribution in [1.29, 1.82) is 0 Å². The fourth-order valence-corrected chi connectivity index (χ4v) is 1.74. The number of rotatable bonds is 1. The van der Waals surface area contributed by atoms with Gasteiger partial charge in [-0.05, 0) is 31.2 Å². The number of fused-ring (bicyclic) bond motifs is 1. The van der Waals surface area contributed by atoms with Crippen molar-refractivity contribution in [2.45, 2.75) is 18.9 Å². The molecule has 0 amide bonds. The summed E-state index contributed by atoms with van der Waals surface area (Å²) in [5.41, 5.74) is 0. The van der Waals surface area contributed by atoms with Gasteiger partial charge in [-0.3, -0.25) is 0 Å². The maximum Gasteiger partial charge on any atom is 0.0250 e. The molecule has 2 rings (SSSR count). The largest absolute Gasteiger partial charge is 0.310 e. The second kappa shape index (κ2) is 1.84. The summed E-state index contributed by atoms with van der Waals surface area (Å²) < 4.78 is 0. The van der Waals surface area contributed by atoms with Gasteiger partial charge in [-0.25, -0.2) is 0 Å². The monoisotopic (exact) mass is 123 g/mol. The van der Waals surface area contributed by atoms with Crippen molar-refractivity contribution in [3.63, 3.8) is 0 Å². The van der Waals surface area contributed by atoms with Crippen molar-refractivity contribution in [3.8, 4) is 0 Å². The Balaban J connectivity index is 1.93. The average molecular weight is 123 g/mol. The van der Waals surface area contributed by atoms with Crippen LogP contribution in [-0.2, 0) is 0 Å². The topological polar surface area (TPSA) is 12.0 Å². The first-order chi connectivity index (χ1) is 4.40. The molecule has 0 aromatic heterocycles. The van der Waals surface area contributed by atoms with Gasteiger partial charge in [0.1, 0.15) is 0 Å². The second-order valence-corrected chi connectivity index (χ2v) is 3.24. The molecular weight excluding hydrogens is 110 g/mol. The first-order valence-corrected chi connectivity index (χ1v) is 3.76. The maximum atomic E-state index is 3.77. The second-order valence-electron chi connectivity index (χ2n) is 3.24. The van der Waals surface area contributed by atoms with Crippen LogP contribution in [0.4, 0.5) is 0 Å². The van der Waals surface area contributed by atoms with Gasteiger partial charge in [-0.1, -0.05) is 6.08 Å². The quantitative estimate of drug-likeness (QED) is 0.516. The van der Waals surface area contributed by atoms with Crippen LogP contribution in [-0.4, -0.2) is 12.6 Å². The zero-order valence-electron chi connectivity index (χ0n) is 5.64. The molecule has 9 heavy (non-hydrogen) atoms. The highest BCUT2D eigenvalue weighted by Crippen LogP contribution is 2.44. The zero-order chi connectivity index (χ0) is 6.27. The Morgan fingerprint density at radius 3 is 2.89 bits per heavy atom. The molecule has 1 saturated carbocycles. The number of hydrogen-bond donors (Lipinski definition) is 1. The molecule has 2 aliphatic rings. The summed E-state index contributed by atoms with van der Waals surface area (Å²) in [7, 11) is 0. The Labute approximate surface area is 56.1 Å². The molecule has 0 radical (unpaired) electrons. The molecule has 1 saturated heterocycles. The molecule has 1 aliphatic carbocycles. The maximum absolute atomic E-state index is 3.77. The van der Waals surface area contributed by atoms with Gasteiger partial charge >= 0.3 is 0 Å². The summed E-state index contributed by atoms with van der Waals surface area (Å²) in [5.74, 6) is 2.08. The third-order valence-electron chi connectivity index (χ3n) is 2.55. The van der Waals surface area contributed by atoms with Crippen molar-refractivity contribution in [3.05, 3.63) is 12.7 Å². The van der Waals surface area contributed by atoms with Gasteiger partial charge in [0.15, 0.2) is 0 Å². The molecule has 0 aromatic rings. The highest BCUT2D eigenvalue weighted by molar-refractivity contribution is 5.00. The Morgan fingerprint density at radius 1 is 1.33 bits per heavy atom. The van der Waals surface area contributed by atoms with E-state index in [1.165, 1.54) is 19.4 Å². The third kappa shape index (κ3) is 0.897. The van der Waals surface area contributed by atoms with Gasteiger partial charge in [0, 0.05) is 6.04 Å². The van der Waals surface area contributed by atoms with E-state index in [1.54, 1.807) is 0 Å². The Morgan fingerprint density at radius 2 is 2.22 bits per heavy atom. The van der Waals surface area contributed by atoms with Gasteiger partial charge in [0.25, 0.3) is 0 Å². The van der Waals surface area contributed by atoms with Crippen molar-refractivity contribution in [1.82, 2.24) is 5.32 Å². The lowest BCUT2D eigenvalue weighted by atomic mass is 10.1. The minimum atomic E-state index is 0.619. The summed E-state index contributed by atoms with van der Waals surface area (Å²) in [5, 5.41) is 3.44. The van der Waals surface area contributed by atoms with Crippen LogP contribution >= 0.6 is 0 Å². The van der Waals surface area contributed by atoms with E-state index < -0.39 is 0 Å². The summed E-state index contributed by atoms with van der Waals surface area (Å²) in [6.07, 6.45) is 4.85. The van der Waals surface area contributed by atoms with E-state index in [1.807, 2.05) is 6.08 Å². The van der Waals surface area contributed by atoms with Crippen LogP contribution < -0.4 is 5.32 Å². The predicted octanol–water partition coefficient (Wildman–Crippen LogP) is 1.17. The molecule has 0 unspecified atom stereocenters. The van der Waals surface area contributed by atoms with Gasteiger partial charge < -0.3 is 5.32 Å². The zero-order valence-corrected chi connectivity index (χ0v) is 5.64. The average Bonchev–Trinajstić information content (AvgIpc) is 2.64. The molecule has 1 heterocycles. The van der Waals surface area contributed by atoms with E-state index in [0.717, 1.165) is 11.8 Å². The van der Waals surface area contributed by atoms with Crippen molar-refractivity contribution < 1.29 is 0 Å². The molecule has 1 N–H and O–H groups in total. The normalized spacial score (nSPS) is 47.8. The van der Waals surface area contributed by atoms with Crippen LogP contribution in [0.2, 0.25) is 0 Å². The minimum absolute atomic E-state index is 0.619. The van der Waals surface area contributed by atoms with Gasteiger partial charge in [-0.15, -0.1) is 6.58 Å². The fraction of sp³-hybridized carbons (Fsp3) is 0.750. The molecule has 3 atom stereocenters. The molecule has 1 aliphatic heterocycles. The molecule has 1 nitrogen and oxygen atoms in total. The molecule has 1 heteroatoms. The van der Waals surface area contributed by atoms with Gasteiger partial charge in [0.2, 0.25) is 0 Å². The first-order valence-electron chi connectivity index (χ1n) is 3.76. The van der Waals surface area contributed by atoms with Crippen LogP contribution in [0, 0.1) is 11.8 Å². The summed E-state index contributed by atoms with van der Waals surface area (Å²) in [6.45, 7) is 5.01. The van der Waals surface area contributed by atoms with Crippen LogP contribution in [0.1, 0.15) is 12.8 Å².